The van der Waals surface area contributed by atoms with Crippen molar-refractivity contribution in [1.82, 2.24) is 9.80 Å². The maximum Gasteiger partial charge on any atom is 0.329 e. The van der Waals surface area contributed by atoms with Gasteiger partial charge in [-0.05, 0) is 47.5 Å². The molecule has 2 aliphatic rings. The summed E-state index contributed by atoms with van der Waals surface area (Å²) < 4.78 is 0. The van der Waals surface area contributed by atoms with E-state index >= 15 is 0 Å². The summed E-state index contributed by atoms with van der Waals surface area (Å²) in [5.41, 5.74) is 4.72. The van der Waals surface area contributed by atoms with Gasteiger partial charge in [0.05, 0.1) is 22.7 Å². The minimum Gasteiger partial charge on any atom is -0.480 e. The monoisotopic (exact) mass is 546 g/mol. The molecule has 4 aromatic rings. The number of aliphatic carboxylic acids is 1. The molecule has 0 aromatic heterocycles. The first-order chi connectivity index (χ1) is 20.0. The quantitative estimate of drug-likeness (QED) is 0.338. The third kappa shape index (κ3) is 5.06. The number of amides is 2. The normalized spacial score (nSPS) is 17.2. The SMILES string of the molecule is O=C(O)[C@@H]1CN(C(=O)N(c2ccccc2)c2ccccc2)CCN1C(O)N1c2ccccc2C=Cc2ccccc21. The Kier molecular flexibility index (Phi) is 7.24. The molecule has 8 heteroatoms. The van der Waals surface area contributed by atoms with Crippen molar-refractivity contribution in [3.63, 3.8) is 0 Å². The van der Waals surface area contributed by atoms with Crippen LogP contribution in [0.4, 0.5) is 27.5 Å². The number of piperazine rings is 1. The number of hydrogen-bond acceptors (Lipinski definition) is 5. The molecule has 0 spiro atoms. The van der Waals surface area contributed by atoms with Gasteiger partial charge in [-0.2, -0.15) is 0 Å². The van der Waals surface area contributed by atoms with Gasteiger partial charge in [-0.3, -0.25) is 9.69 Å². The number of nitrogens with zero attached hydrogens (tertiary/aromatic N) is 4. The van der Waals surface area contributed by atoms with Gasteiger partial charge >= 0.3 is 12.0 Å². The van der Waals surface area contributed by atoms with Crippen molar-refractivity contribution in [2.75, 3.05) is 29.4 Å². The lowest BCUT2D eigenvalue weighted by molar-refractivity contribution is -0.151. The van der Waals surface area contributed by atoms with Crippen LogP contribution in [0.3, 0.4) is 0 Å². The standard InChI is InChI=1S/C33H30N4O4/c38-31(39)30-23-34(32(40)36(26-13-3-1-4-14-26)27-15-5-2-6-16-27)21-22-35(30)33(41)37-28-17-9-7-11-24(28)19-20-25-12-8-10-18-29(25)37/h1-20,30,33,41H,21-23H2,(H,38,39)/t30-,33?/m0/s1. The van der Waals surface area contributed by atoms with Gasteiger partial charge in [0.15, 0.2) is 6.35 Å². The number of para-hydroxylation sites is 4. The zero-order chi connectivity index (χ0) is 28.3. The Morgan fingerprint density at radius 3 is 1.71 bits per heavy atom. The molecule has 1 fully saturated rings. The van der Waals surface area contributed by atoms with Gasteiger partial charge in [-0.1, -0.05) is 84.9 Å². The highest BCUT2D eigenvalue weighted by molar-refractivity contribution is 5.99. The largest absolute Gasteiger partial charge is 0.480 e. The number of benzene rings is 4. The fourth-order valence-corrected chi connectivity index (χ4v) is 5.53. The lowest BCUT2D eigenvalue weighted by atomic mass is 10.1. The maximum absolute atomic E-state index is 14.0. The van der Waals surface area contributed by atoms with Crippen LogP contribution in [0.25, 0.3) is 12.2 Å². The van der Waals surface area contributed by atoms with Gasteiger partial charge < -0.3 is 20.0 Å². The van der Waals surface area contributed by atoms with E-state index in [1.165, 1.54) is 0 Å². The topological polar surface area (TPSA) is 87.6 Å². The molecule has 8 nitrogen and oxygen atoms in total. The molecule has 2 atom stereocenters. The van der Waals surface area contributed by atoms with E-state index in [-0.39, 0.29) is 25.7 Å². The van der Waals surface area contributed by atoms with E-state index in [9.17, 15) is 19.8 Å². The van der Waals surface area contributed by atoms with Gasteiger partial charge in [0.1, 0.15) is 6.04 Å². The average molecular weight is 547 g/mol. The molecule has 206 valence electrons. The molecule has 4 aromatic carbocycles. The molecular weight excluding hydrogens is 516 g/mol. The van der Waals surface area contributed by atoms with E-state index < -0.39 is 18.4 Å². The van der Waals surface area contributed by atoms with Crippen molar-refractivity contribution >= 4 is 46.9 Å². The first-order valence-corrected chi connectivity index (χ1v) is 13.5. The predicted octanol–water partition coefficient (Wildman–Crippen LogP) is 5.61. The van der Waals surface area contributed by atoms with Crippen LogP contribution in [0.15, 0.2) is 109 Å². The number of carbonyl (C=O) groups is 2. The molecule has 0 bridgehead atoms. The molecule has 2 N–H and O–H groups in total. The number of aliphatic hydroxyl groups is 1. The van der Waals surface area contributed by atoms with Crippen molar-refractivity contribution < 1.29 is 19.8 Å². The fourth-order valence-electron chi connectivity index (χ4n) is 5.53. The second-order valence-electron chi connectivity index (χ2n) is 9.99. The number of rotatable bonds is 5. The zero-order valence-electron chi connectivity index (χ0n) is 22.3. The smallest absolute Gasteiger partial charge is 0.329 e. The summed E-state index contributed by atoms with van der Waals surface area (Å²) in [5, 5.41) is 22.2. The fraction of sp³-hybridized carbons (Fsp3) is 0.152. The first kappa shape index (κ1) is 26.3. The average Bonchev–Trinajstić information content (AvgIpc) is 3.18. The summed E-state index contributed by atoms with van der Waals surface area (Å²) in [6.45, 7) is 0.317. The molecule has 1 unspecified atom stereocenters. The minimum absolute atomic E-state index is 0.0865. The van der Waals surface area contributed by atoms with Crippen LogP contribution in [0.2, 0.25) is 0 Å². The third-order valence-electron chi connectivity index (χ3n) is 7.56. The summed E-state index contributed by atoms with van der Waals surface area (Å²) in [4.78, 5) is 33.1. The second-order valence-corrected chi connectivity index (χ2v) is 9.99. The second kappa shape index (κ2) is 11.3. The highest BCUT2D eigenvalue weighted by Gasteiger charge is 2.42. The van der Waals surface area contributed by atoms with Crippen molar-refractivity contribution in [2.45, 2.75) is 12.4 Å². The van der Waals surface area contributed by atoms with Crippen molar-refractivity contribution in [2.24, 2.45) is 0 Å². The van der Waals surface area contributed by atoms with Crippen LogP contribution < -0.4 is 9.80 Å². The number of aliphatic hydroxyl groups excluding tert-OH is 1. The summed E-state index contributed by atoms with van der Waals surface area (Å²) in [6, 6.07) is 32.6. The van der Waals surface area contributed by atoms with Gasteiger partial charge in [0, 0.05) is 19.6 Å². The molecule has 0 radical (unpaired) electrons. The number of fused-ring (bicyclic) bond motifs is 2. The van der Waals surface area contributed by atoms with Gasteiger partial charge in [0.2, 0.25) is 0 Å². The van der Waals surface area contributed by atoms with E-state index in [0.29, 0.717) is 11.4 Å². The number of anilines is 4. The summed E-state index contributed by atoms with van der Waals surface area (Å²) in [7, 11) is 0. The van der Waals surface area contributed by atoms with Gasteiger partial charge in [0.25, 0.3) is 0 Å². The number of hydrogen-bond donors (Lipinski definition) is 2. The van der Waals surface area contributed by atoms with Crippen molar-refractivity contribution in [3.8, 4) is 0 Å². The molecular formula is C33H30N4O4. The Hall–Kier alpha value is -4.92. The number of carboxylic acid groups (broad SMARTS) is 1. The predicted molar refractivity (Wildman–Crippen MR) is 160 cm³/mol. The summed E-state index contributed by atoms with van der Waals surface area (Å²) in [5.74, 6) is -1.11. The van der Waals surface area contributed by atoms with E-state index in [1.807, 2.05) is 121 Å². The molecule has 1 saturated heterocycles. The summed E-state index contributed by atoms with van der Waals surface area (Å²) >= 11 is 0. The molecule has 0 saturated carbocycles. The Bertz CT molecular complexity index is 1490. The van der Waals surface area contributed by atoms with E-state index in [1.54, 1.807) is 19.6 Å². The van der Waals surface area contributed by atoms with Crippen LogP contribution in [0, 0.1) is 0 Å². The van der Waals surface area contributed by atoms with Crippen LogP contribution in [0.1, 0.15) is 11.1 Å². The number of carbonyl (C=O) groups excluding carboxylic acids is 1. The van der Waals surface area contributed by atoms with Crippen LogP contribution in [0.5, 0.6) is 0 Å². The van der Waals surface area contributed by atoms with Gasteiger partial charge in [-0.25, -0.2) is 9.69 Å². The third-order valence-corrected chi connectivity index (χ3v) is 7.56. The number of carboxylic acids is 1. The van der Waals surface area contributed by atoms with Crippen molar-refractivity contribution in [1.29, 1.82) is 0 Å². The Morgan fingerprint density at radius 2 is 1.20 bits per heavy atom. The molecule has 2 aliphatic heterocycles. The minimum atomic E-state index is -1.28. The molecule has 2 amide bonds. The molecule has 2 heterocycles. The van der Waals surface area contributed by atoms with Crippen LogP contribution in [-0.4, -0.2) is 64.0 Å². The van der Waals surface area contributed by atoms with Gasteiger partial charge in [-0.15, -0.1) is 0 Å². The first-order valence-electron chi connectivity index (χ1n) is 13.5. The highest BCUT2D eigenvalue weighted by atomic mass is 16.4. The maximum atomic E-state index is 14.0. The Morgan fingerprint density at radius 1 is 0.707 bits per heavy atom. The Balaban J connectivity index is 1.32. The highest BCUT2D eigenvalue weighted by Crippen LogP contribution is 2.38. The van der Waals surface area contributed by atoms with E-state index in [2.05, 4.69) is 0 Å². The summed E-state index contributed by atoms with van der Waals surface area (Å²) in [6.07, 6.45) is 2.71. The van der Waals surface area contributed by atoms with Crippen LogP contribution in [-0.2, 0) is 4.79 Å². The molecule has 41 heavy (non-hydrogen) atoms. The lowest BCUT2D eigenvalue weighted by Crippen LogP contribution is -2.64. The lowest BCUT2D eigenvalue weighted by Gasteiger charge is -2.46. The van der Waals surface area contributed by atoms with E-state index in [4.69, 9.17) is 0 Å². The van der Waals surface area contributed by atoms with E-state index in [0.717, 1.165) is 22.5 Å². The molecule has 6 rings (SSSR count). The van der Waals surface area contributed by atoms with Crippen LogP contribution >= 0.6 is 0 Å². The van der Waals surface area contributed by atoms with Crippen molar-refractivity contribution in [3.05, 3.63) is 120 Å². The number of urea groups is 1. The zero-order valence-corrected chi connectivity index (χ0v) is 22.3. The Labute approximate surface area is 238 Å². The molecule has 0 aliphatic carbocycles.